The summed E-state index contributed by atoms with van der Waals surface area (Å²) in [4.78, 5) is 0. The molecule has 0 amide bonds. The molecule has 0 atom stereocenters. The molecule has 3 aromatic carbocycles. The Balaban J connectivity index is 1.99. The lowest BCUT2D eigenvalue weighted by atomic mass is 10.00. The maximum Gasteiger partial charge on any atom is 0.165 e. The van der Waals surface area contributed by atoms with E-state index >= 15 is 0 Å². The summed E-state index contributed by atoms with van der Waals surface area (Å²) in [6.45, 7) is 8.85. The normalized spacial score (nSPS) is 11.0. The second-order valence-electron chi connectivity index (χ2n) is 7.38. The van der Waals surface area contributed by atoms with Crippen molar-refractivity contribution < 1.29 is 9.47 Å². The second-order valence-corrected chi connectivity index (χ2v) is 8.63. The molecular formula is C28H26INO2. The van der Waals surface area contributed by atoms with E-state index in [1.165, 1.54) is 3.57 Å². The number of aryl methyl sites for hydroxylation is 1. The third-order valence-electron chi connectivity index (χ3n) is 4.91. The Labute approximate surface area is 204 Å². The van der Waals surface area contributed by atoms with Crippen molar-refractivity contribution in [3.05, 3.63) is 105 Å². The molecule has 0 saturated heterocycles. The summed E-state index contributed by atoms with van der Waals surface area (Å²) in [5.74, 6) is 1.39. The molecule has 3 aromatic rings. The molecule has 32 heavy (non-hydrogen) atoms. The average molecular weight is 535 g/mol. The number of hydrogen-bond donors (Lipinski definition) is 0. The van der Waals surface area contributed by atoms with E-state index in [0.717, 1.165) is 33.6 Å². The average Bonchev–Trinajstić information content (AvgIpc) is 2.79. The SMILES string of the molecule is C=CCc1cc(/C=C(/C#N)c2ccc(C)cc2)cc(OCC)c1OCc1ccc(I)cc1. The second kappa shape index (κ2) is 11.5. The Bertz CT molecular complexity index is 1140. The minimum Gasteiger partial charge on any atom is -0.490 e. The number of hydrogen-bond acceptors (Lipinski definition) is 3. The van der Waals surface area contributed by atoms with Gasteiger partial charge in [-0.2, -0.15) is 5.26 Å². The summed E-state index contributed by atoms with van der Waals surface area (Å²) >= 11 is 2.29. The van der Waals surface area contributed by atoms with Crippen molar-refractivity contribution in [2.75, 3.05) is 6.61 Å². The van der Waals surface area contributed by atoms with E-state index in [0.29, 0.717) is 31.0 Å². The fourth-order valence-electron chi connectivity index (χ4n) is 3.32. The summed E-state index contributed by atoms with van der Waals surface area (Å²) in [5, 5.41) is 9.75. The Hall–Kier alpha value is -3.04. The van der Waals surface area contributed by atoms with Crippen molar-refractivity contribution in [1.82, 2.24) is 0 Å². The van der Waals surface area contributed by atoms with Crippen LogP contribution in [0.25, 0.3) is 11.6 Å². The molecule has 0 fully saturated rings. The zero-order valence-electron chi connectivity index (χ0n) is 18.4. The number of nitriles is 1. The van der Waals surface area contributed by atoms with E-state index in [9.17, 15) is 5.26 Å². The quantitative estimate of drug-likeness (QED) is 0.124. The molecule has 0 radical (unpaired) electrons. The van der Waals surface area contributed by atoms with Crippen LogP contribution >= 0.6 is 22.6 Å². The maximum atomic E-state index is 9.75. The van der Waals surface area contributed by atoms with Crippen molar-refractivity contribution >= 4 is 34.2 Å². The third-order valence-corrected chi connectivity index (χ3v) is 5.63. The van der Waals surface area contributed by atoms with Gasteiger partial charge < -0.3 is 9.47 Å². The summed E-state index contributed by atoms with van der Waals surface area (Å²) in [6.07, 6.45) is 4.38. The Morgan fingerprint density at radius 3 is 2.41 bits per heavy atom. The van der Waals surface area contributed by atoms with Crippen LogP contribution in [0.5, 0.6) is 11.5 Å². The lowest BCUT2D eigenvalue weighted by molar-refractivity contribution is 0.267. The van der Waals surface area contributed by atoms with Crippen LogP contribution in [0, 0.1) is 21.8 Å². The van der Waals surface area contributed by atoms with E-state index in [1.54, 1.807) is 0 Å². The topological polar surface area (TPSA) is 42.2 Å². The van der Waals surface area contributed by atoms with Gasteiger partial charge in [0.1, 0.15) is 6.61 Å². The highest BCUT2D eigenvalue weighted by Crippen LogP contribution is 2.36. The van der Waals surface area contributed by atoms with Crippen molar-refractivity contribution in [1.29, 1.82) is 5.26 Å². The van der Waals surface area contributed by atoms with Crippen LogP contribution in [0.3, 0.4) is 0 Å². The van der Waals surface area contributed by atoms with Crippen LogP contribution < -0.4 is 9.47 Å². The summed E-state index contributed by atoms with van der Waals surface area (Å²) in [5.41, 5.74) is 5.61. The van der Waals surface area contributed by atoms with Gasteiger partial charge in [-0.05, 0) is 89.9 Å². The van der Waals surface area contributed by atoms with Crippen LogP contribution in [0.15, 0.2) is 73.3 Å². The number of ether oxygens (including phenoxy) is 2. The smallest absolute Gasteiger partial charge is 0.165 e. The van der Waals surface area contributed by atoms with Gasteiger partial charge in [0, 0.05) is 9.13 Å². The van der Waals surface area contributed by atoms with Crippen molar-refractivity contribution in [3.63, 3.8) is 0 Å². The van der Waals surface area contributed by atoms with Gasteiger partial charge in [-0.25, -0.2) is 0 Å². The third kappa shape index (κ3) is 6.24. The predicted octanol–water partition coefficient (Wildman–Crippen LogP) is 7.37. The summed E-state index contributed by atoms with van der Waals surface area (Å²) in [6, 6.07) is 22.5. The molecule has 0 heterocycles. The highest BCUT2D eigenvalue weighted by molar-refractivity contribution is 14.1. The molecular weight excluding hydrogens is 509 g/mol. The van der Waals surface area contributed by atoms with Gasteiger partial charge >= 0.3 is 0 Å². The van der Waals surface area contributed by atoms with Crippen LogP contribution in [0.1, 0.15) is 34.7 Å². The maximum absolute atomic E-state index is 9.75. The van der Waals surface area contributed by atoms with E-state index in [-0.39, 0.29) is 0 Å². The first-order chi connectivity index (χ1) is 15.5. The van der Waals surface area contributed by atoms with Crippen molar-refractivity contribution in [3.8, 4) is 17.6 Å². The number of nitrogens with zero attached hydrogens (tertiary/aromatic N) is 1. The van der Waals surface area contributed by atoms with E-state index in [4.69, 9.17) is 9.47 Å². The standard InChI is InChI=1S/C28H26INO2/c1-4-6-24-15-22(16-25(18-30)23-11-7-20(3)8-12-23)17-27(31-5-2)28(24)32-19-21-9-13-26(29)14-10-21/h4,7-17H,1,5-6,19H2,2-3H3/b25-16-. The Morgan fingerprint density at radius 1 is 1.06 bits per heavy atom. The molecule has 0 saturated carbocycles. The van der Waals surface area contributed by atoms with Crippen LogP contribution in [0.2, 0.25) is 0 Å². The van der Waals surface area contributed by atoms with Crippen LogP contribution in [-0.4, -0.2) is 6.61 Å². The fraction of sp³-hybridized carbons (Fsp3) is 0.179. The number of benzene rings is 3. The molecule has 3 nitrogen and oxygen atoms in total. The summed E-state index contributed by atoms with van der Waals surface area (Å²) < 4.78 is 13.3. The van der Waals surface area contributed by atoms with Gasteiger partial charge in [0.15, 0.2) is 11.5 Å². The number of halogens is 1. The van der Waals surface area contributed by atoms with Gasteiger partial charge in [0.25, 0.3) is 0 Å². The molecule has 0 aliphatic heterocycles. The molecule has 0 aliphatic rings. The van der Waals surface area contributed by atoms with Gasteiger partial charge in [0.05, 0.1) is 18.2 Å². The minimum atomic E-state index is 0.448. The first kappa shape index (κ1) is 23.6. The largest absolute Gasteiger partial charge is 0.490 e. The van der Waals surface area contributed by atoms with E-state index in [1.807, 2.05) is 62.4 Å². The van der Waals surface area contributed by atoms with Gasteiger partial charge in [-0.15, -0.1) is 6.58 Å². The van der Waals surface area contributed by atoms with E-state index < -0.39 is 0 Å². The van der Waals surface area contributed by atoms with Crippen LogP contribution in [-0.2, 0) is 13.0 Å². The lowest BCUT2D eigenvalue weighted by Crippen LogP contribution is -2.03. The van der Waals surface area contributed by atoms with Crippen molar-refractivity contribution in [2.45, 2.75) is 26.9 Å². The van der Waals surface area contributed by atoms with Crippen molar-refractivity contribution in [2.24, 2.45) is 0 Å². The predicted molar refractivity (Wildman–Crippen MR) is 140 cm³/mol. The zero-order chi connectivity index (χ0) is 22.9. The number of rotatable bonds is 9. The zero-order valence-corrected chi connectivity index (χ0v) is 20.6. The molecule has 0 spiro atoms. The van der Waals surface area contributed by atoms with Gasteiger partial charge in [-0.1, -0.05) is 48.0 Å². The first-order valence-corrected chi connectivity index (χ1v) is 11.6. The lowest BCUT2D eigenvalue weighted by Gasteiger charge is -2.17. The highest BCUT2D eigenvalue weighted by Gasteiger charge is 2.14. The highest BCUT2D eigenvalue weighted by atomic mass is 127. The molecule has 0 aliphatic carbocycles. The number of allylic oxidation sites excluding steroid dienone is 2. The molecule has 0 aromatic heterocycles. The minimum absolute atomic E-state index is 0.448. The molecule has 0 bridgehead atoms. The fourth-order valence-corrected chi connectivity index (χ4v) is 3.68. The van der Waals surface area contributed by atoms with E-state index in [2.05, 4.69) is 59.5 Å². The Morgan fingerprint density at radius 2 is 1.78 bits per heavy atom. The molecule has 0 unspecified atom stereocenters. The Kier molecular flexibility index (Phi) is 8.52. The first-order valence-electron chi connectivity index (χ1n) is 10.5. The molecule has 162 valence electrons. The van der Waals surface area contributed by atoms with Gasteiger partial charge in [0.2, 0.25) is 0 Å². The molecule has 0 N–H and O–H groups in total. The summed E-state index contributed by atoms with van der Waals surface area (Å²) in [7, 11) is 0. The molecule has 3 rings (SSSR count). The van der Waals surface area contributed by atoms with Crippen LogP contribution in [0.4, 0.5) is 0 Å². The van der Waals surface area contributed by atoms with Gasteiger partial charge in [-0.3, -0.25) is 0 Å². The monoisotopic (exact) mass is 535 g/mol. The molecule has 4 heteroatoms.